The van der Waals surface area contributed by atoms with Crippen molar-refractivity contribution in [1.82, 2.24) is 15.2 Å². The molecule has 5 aromatic rings. The molecule has 0 bridgehead atoms. The van der Waals surface area contributed by atoms with Crippen LogP contribution in [0, 0.1) is 0 Å². The van der Waals surface area contributed by atoms with Gasteiger partial charge in [0.05, 0.1) is 16.3 Å². The molecule has 0 radical (unpaired) electrons. The monoisotopic (exact) mass is 326 g/mol. The van der Waals surface area contributed by atoms with Gasteiger partial charge in [0.25, 0.3) is 0 Å². The first kappa shape index (κ1) is 13.8. The van der Waals surface area contributed by atoms with Gasteiger partial charge >= 0.3 is 0 Å². The summed E-state index contributed by atoms with van der Waals surface area (Å²) in [5, 5.41) is 8.86. The molecule has 0 unspecified atom stereocenters. The first-order valence-corrected chi connectivity index (χ1v) is 7.99. The smallest absolute Gasteiger partial charge is 0.229 e. The van der Waals surface area contributed by atoms with E-state index in [4.69, 9.17) is 10.2 Å². The van der Waals surface area contributed by atoms with Crippen LogP contribution in [0.4, 0.5) is 5.82 Å². The maximum atomic E-state index is 6.16. The summed E-state index contributed by atoms with van der Waals surface area (Å²) in [5.74, 6) is 1.22. The van der Waals surface area contributed by atoms with Crippen LogP contribution in [-0.4, -0.2) is 15.2 Å². The van der Waals surface area contributed by atoms with E-state index in [1.54, 1.807) is 6.20 Å². The normalized spacial score (nSPS) is 11.4. The molecule has 3 heterocycles. The van der Waals surface area contributed by atoms with Gasteiger partial charge in [-0.15, -0.1) is 0 Å². The van der Waals surface area contributed by atoms with E-state index < -0.39 is 0 Å². The van der Waals surface area contributed by atoms with Gasteiger partial charge in [0.15, 0.2) is 5.82 Å². The Balaban J connectivity index is 1.96. The molecule has 0 spiro atoms. The van der Waals surface area contributed by atoms with Gasteiger partial charge in [-0.2, -0.15) is 5.10 Å². The Morgan fingerprint density at radius 1 is 0.880 bits per heavy atom. The van der Waals surface area contributed by atoms with Gasteiger partial charge in [-0.05, 0) is 5.56 Å². The minimum atomic E-state index is 0.436. The highest BCUT2D eigenvalue weighted by molar-refractivity contribution is 6.14. The topological polar surface area (TPSA) is 80.7 Å². The van der Waals surface area contributed by atoms with Gasteiger partial charge in [0, 0.05) is 17.3 Å². The van der Waals surface area contributed by atoms with Crippen molar-refractivity contribution in [2.75, 3.05) is 5.73 Å². The molecule has 2 aromatic carbocycles. The Labute approximate surface area is 143 Å². The average molecular weight is 326 g/mol. The first-order chi connectivity index (χ1) is 12.3. The number of H-pyrrole nitrogens is 1. The molecule has 0 aliphatic rings. The van der Waals surface area contributed by atoms with Crippen molar-refractivity contribution in [3.63, 3.8) is 0 Å². The number of anilines is 1. The third-order valence-corrected chi connectivity index (χ3v) is 4.38. The van der Waals surface area contributed by atoms with E-state index in [1.807, 2.05) is 48.5 Å². The predicted octanol–water partition coefficient (Wildman–Crippen LogP) is 4.62. The molecule has 5 rings (SSSR count). The van der Waals surface area contributed by atoms with Gasteiger partial charge in [0.1, 0.15) is 5.76 Å². The lowest BCUT2D eigenvalue weighted by atomic mass is 9.98. The summed E-state index contributed by atoms with van der Waals surface area (Å²) in [7, 11) is 0. The number of benzene rings is 2. The minimum Gasteiger partial charge on any atom is -0.437 e. The molecule has 0 atom stereocenters. The number of hydrogen-bond donors (Lipinski definition) is 2. The summed E-state index contributed by atoms with van der Waals surface area (Å²) in [6.45, 7) is 0. The van der Waals surface area contributed by atoms with Crippen LogP contribution in [0.25, 0.3) is 44.5 Å². The fraction of sp³-hybridized carbons (Fsp3) is 0. The number of nitrogen functional groups attached to an aromatic ring is 1. The van der Waals surface area contributed by atoms with Gasteiger partial charge in [-0.25, -0.2) is 4.98 Å². The van der Waals surface area contributed by atoms with Crippen molar-refractivity contribution >= 4 is 27.8 Å². The summed E-state index contributed by atoms with van der Waals surface area (Å²) >= 11 is 0. The number of aromatic nitrogens is 3. The number of furan rings is 1. The van der Waals surface area contributed by atoms with Crippen molar-refractivity contribution < 1.29 is 4.42 Å². The Bertz CT molecular complexity index is 1190. The number of nitrogens with two attached hydrogens (primary N) is 1. The Morgan fingerprint density at radius 2 is 1.56 bits per heavy atom. The number of rotatable bonds is 2. The fourth-order valence-electron chi connectivity index (χ4n) is 3.22. The number of hydrogen-bond acceptors (Lipinski definition) is 4. The Hall–Kier alpha value is -3.60. The molecule has 0 aliphatic heterocycles. The van der Waals surface area contributed by atoms with Gasteiger partial charge < -0.3 is 10.2 Å². The molecule has 0 amide bonds. The highest BCUT2D eigenvalue weighted by Gasteiger charge is 2.22. The third kappa shape index (κ3) is 2.03. The lowest BCUT2D eigenvalue weighted by molar-refractivity contribution is 0.619. The van der Waals surface area contributed by atoms with E-state index in [0.717, 1.165) is 38.7 Å². The summed E-state index contributed by atoms with van der Waals surface area (Å²) < 4.78 is 6.16. The highest BCUT2D eigenvalue weighted by Crippen LogP contribution is 2.42. The number of fused-ring (bicyclic) bond motifs is 3. The van der Waals surface area contributed by atoms with Gasteiger partial charge in [-0.1, -0.05) is 60.7 Å². The molecule has 0 fully saturated rings. The Morgan fingerprint density at radius 3 is 2.28 bits per heavy atom. The van der Waals surface area contributed by atoms with Gasteiger partial charge in [-0.3, -0.25) is 5.10 Å². The zero-order chi connectivity index (χ0) is 16.8. The molecule has 3 N–H and O–H groups in total. The molecule has 0 saturated carbocycles. The molecular weight excluding hydrogens is 312 g/mol. The molecule has 120 valence electrons. The molecular formula is C20H14N4O. The van der Waals surface area contributed by atoms with Crippen molar-refractivity contribution in [2.45, 2.75) is 0 Å². The molecule has 3 aromatic heterocycles. The predicted molar refractivity (Wildman–Crippen MR) is 98.9 cm³/mol. The largest absolute Gasteiger partial charge is 0.437 e. The standard InChI is InChI=1S/C20H14N4O/c21-19-14-11-22-20-16(17(14)23-24-19)15(12-7-3-1-4-8-12)18(25-20)13-9-5-2-6-10-13/h1-11H,(H3,21,23,24). The zero-order valence-electron chi connectivity index (χ0n) is 13.2. The molecule has 0 saturated heterocycles. The Kier molecular flexibility index (Phi) is 2.87. The number of pyridine rings is 1. The van der Waals surface area contributed by atoms with E-state index in [1.165, 1.54) is 0 Å². The summed E-state index contributed by atoms with van der Waals surface area (Å²) in [6, 6.07) is 20.2. The molecule has 5 nitrogen and oxygen atoms in total. The van der Waals surface area contributed by atoms with Crippen LogP contribution in [0.2, 0.25) is 0 Å². The molecule has 5 heteroatoms. The second-order valence-electron chi connectivity index (χ2n) is 5.87. The minimum absolute atomic E-state index is 0.436. The van der Waals surface area contributed by atoms with Crippen molar-refractivity contribution in [2.24, 2.45) is 0 Å². The highest BCUT2D eigenvalue weighted by atomic mass is 16.3. The first-order valence-electron chi connectivity index (χ1n) is 7.99. The van der Waals surface area contributed by atoms with Crippen LogP contribution in [0.15, 0.2) is 71.3 Å². The SMILES string of the molecule is Nc1n[nH]c2c1cnc1oc(-c3ccccc3)c(-c3ccccc3)c12. The van der Waals surface area contributed by atoms with Crippen LogP contribution in [0.3, 0.4) is 0 Å². The van der Waals surface area contributed by atoms with Crippen LogP contribution in [-0.2, 0) is 0 Å². The van der Waals surface area contributed by atoms with E-state index in [-0.39, 0.29) is 0 Å². The number of aromatic amines is 1. The number of nitrogens with zero attached hydrogens (tertiary/aromatic N) is 2. The average Bonchev–Trinajstić information content (AvgIpc) is 3.24. The molecule has 0 aliphatic carbocycles. The summed E-state index contributed by atoms with van der Waals surface area (Å²) in [5.41, 5.74) is 10.4. The second kappa shape index (κ2) is 5.21. The number of nitrogens with one attached hydrogen (secondary N) is 1. The van der Waals surface area contributed by atoms with Crippen molar-refractivity contribution in [1.29, 1.82) is 0 Å². The van der Waals surface area contributed by atoms with Gasteiger partial charge in [0.2, 0.25) is 5.71 Å². The van der Waals surface area contributed by atoms with E-state index in [0.29, 0.717) is 11.5 Å². The van der Waals surface area contributed by atoms with Crippen molar-refractivity contribution in [3.8, 4) is 22.5 Å². The third-order valence-electron chi connectivity index (χ3n) is 4.38. The maximum Gasteiger partial charge on any atom is 0.229 e. The van der Waals surface area contributed by atoms with E-state index >= 15 is 0 Å². The van der Waals surface area contributed by atoms with Crippen LogP contribution >= 0.6 is 0 Å². The second-order valence-corrected chi connectivity index (χ2v) is 5.87. The fourth-order valence-corrected chi connectivity index (χ4v) is 3.22. The summed E-state index contributed by atoms with van der Waals surface area (Å²) in [4.78, 5) is 4.47. The van der Waals surface area contributed by atoms with Crippen molar-refractivity contribution in [3.05, 3.63) is 66.9 Å². The zero-order valence-corrected chi connectivity index (χ0v) is 13.2. The summed E-state index contributed by atoms with van der Waals surface area (Å²) in [6.07, 6.45) is 1.70. The van der Waals surface area contributed by atoms with Crippen LogP contribution in [0.5, 0.6) is 0 Å². The van der Waals surface area contributed by atoms with Crippen LogP contribution in [0.1, 0.15) is 0 Å². The lowest BCUT2D eigenvalue weighted by Gasteiger charge is -2.04. The molecule has 25 heavy (non-hydrogen) atoms. The van der Waals surface area contributed by atoms with E-state index in [2.05, 4.69) is 27.3 Å². The quantitative estimate of drug-likeness (QED) is 0.496. The van der Waals surface area contributed by atoms with Crippen LogP contribution < -0.4 is 5.73 Å². The maximum absolute atomic E-state index is 6.16. The van der Waals surface area contributed by atoms with E-state index in [9.17, 15) is 0 Å². The lowest BCUT2D eigenvalue weighted by Crippen LogP contribution is -1.84.